The zero-order valence-corrected chi connectivity index (χ0v) is 11.1. The smallest absolute Gasteiger partial charge is 0.308 e. The largest absolute Gasteiger partial charge is 0.493 e. The monoisotopic (exact) mass is 251 g/mol. The highest BCUT2D eigenvalue weighted by Crippen LogP contribution is 2.12. The highest BCUT2D eigenvalue weighted by atomic mass is 16.5. The van der Waals surface area contributed by atoms with Crippen LogP contribution in [0.4, 0.5) is 0 Å². The molecule has 0 aliphatic carbocycles. The number of carbonyl (C=O) groups is 1. The predicted octanol–water partition coefficient (Wildman–Crippen LogP) is 2.13. The second-order valence-corrected chi connectivity index (χ2v) is 4.00. The first kappa shape index (κ1) is 14.5. The molecule has 0 aromatic heterocycles. The number of nitrogens with one attached hydrogen (secondary N) is 1. The van der Waals surface area contributed by atoms with Gasteiger partial charge in [-0.15, -0.1) is 0 Å². The Hall–Kier alpha value is -1.55. The van der Waals surface area contributed by atoms with E-state index in [1.807, 2.05) is 24.3 Å². The summed E-state index contributed by atoms with van der Waals surface area (Å²) in [5, 5.41) is 3.33. The van der Waals surface area contributed by atoms with Gasteiger partial charge in [0.25, 0.3) is 0 Å². The second kappa shape index (κ2) is 8.53. The van der Waals surface area contributed by atoms with Crippen molar-refractivity contribution in [2.24, 2.45) is 0 Å². The van der Waals surface area contributed by atoms with Crippen LogP contribution < -0.4 is 10.1 Å². The molecule has 0 bridgehead atoms. The molecule has 100 valence electrons. The summed E-state index contributed by atoms with van der Waals surface area (Å²) in [7, 11) is 1.38. The van der Waals surface area contributed by atoms with Crippen LogP contribution in [-0.2, 0) is 16.1 Å². The number of benzene rings is 1. The van der Waals surface area contributed by atoms with Crippen molar-refractivity contribution >= 4 is 5.97 Å². The third kappa shape index (κ3) is 5.68. The molecule has 1 N–H and O–H groups in total. The van der Waals surface area contributed by atoms with Crippen LogP contribution in [0.2, 0.25) is 0 Å². The quantitative estimate of drug-likeness (QED) is 0.568. The molecule has 0 spiro atoms. The minimum absolute atomic E-state index is 0.254. The first-order valence-electron chi connectivity index (χ1n) is 6.25. The summed E-state index contributed by atoms with van der Waals surface area (Å²) in [6, 6.07) is 7.88. The minimum atomic E-state index is -0.254. The van der Waals surface area contributed by atoms with E-state index in [9.17, 15) is 4.79 Å². The van der Waals surface area contributed by atoms with Gasteiger partial charge in [0.05, 0.1) is 20.1 Å². The summed E-state index contributed by atoms with van der Waals surface area (Å²) < 4.78 is 9.97. The van der Waals surface area contributed by atoms with Gasteiger partial charge in [-0.25, -0.2) is 0 Å². The molecular weight excluding hydrogens is 230 g/mol. The number of rotatable bonds is 8. The van der Waals surface area contributed by atoms with Gasteiger partial charge in [-0.1, -0.05) is 19.1 Å². The Bertz CT molecular complexity index is 349. The molecule has 18 heavy (non-hydrogen) atoms. The standard InChI is InChI=1S/C14H21NO3/c1-3-9-15-11-12-4-6-13(7-5-12)18-10-8-14(16)17-2/h4-7,15H,3,8-11H2,1-2H3. The van der Waals surface area contributed by atoms with Gasteiger partial charge in [0, 0.05) is 6.54 Å². The normalized spacial score (nSPS) is 10.1. The molecule has 4 nitrogen and oxygen atoms in total. The zero-order chi connectivity index (χ0) is 13.2. The highest BCUT2D eigenvalue weighted by Gasteiger charge is 2.00. The molecule has 1 rings (SSSR count). The summed E-state index contributed by atoms with van der Waals surface area (Å²) in [6.07, 6.45) is 1.41. The van der Waals surface area contributed by atoms with E-state index >= 15 is 0 Å². The van der Waals surface area contributed by atoms with E-state index in [4.69, 9.17) is 4.74 Å². The van der Waals surface area contributed by atoms with Gasteiger partial charge < -0.3 is 14.8 Å². The molecule has 4 heteroatoms. The molecule has 0 unspecified atom stereocenters. The minimum Gasteiger partial charge on any atom is -0.493 e. The van der Waals surface area contributed by atoms with Crippen molar-refractivity contribution in [3.8, 4) is 5.75 Å². The number of carbonyl (C=O) groups excluding carboxylic acids is 1. The van der Waals surface area contributed by atoms with Crippen molar-refractivity contribution < 1.29 is 14.3 Å². The Kier molecular flexibility index (Phi) is 6.87. The molecule has 0 atom stereocenters. The van der Waals surface area contributed by atoms with Gasteiger partial charge in [0.2, 0.25) is 0 Å². The Morgan fingerprint density at radius 3 is 2.61 bits per heavy atom. The SMILES string of the molecule is CCCNCc1ccc(OCCC(=O)OC)cc1. The first-order valence-corrected chi connectivity index (χ1v) is 6.25. The number of esters is 1. The zero-order valence-electron chi connectivity index (χ0n) is 11.1. The van der Waals surface area contributed by atoms with Crippen molar-refractivity contribution in [2.75, 3.05) is 20.3 Å². The van der Waals surface area contributed by atoms with E-state index < -0.39 is 0 Å². The molecule has 0 amide bonds. The maximum absolute atomic E-state index is 10.9. The van der Waals surface area contributed by atoms with Gasteiger partial charge >= 0.3 is 5.97 Å². The predicted molar refractivity (Wildman–Crippen MR) is 70.6 cm³/mol. The van der Waals surface area contributed by atoms with Crippen LogP contribution in [0.25, 0.3) is 0 Å². The lowest BCUT2D eigenvalue weighted by molar-refractivity contribution is -0.141. The Labute approximate surface area is 108 Å². The van der Waals surface area contributed by atoms with Crippen molar-refractivity contribution in [3.05, 3.63) is 29.8 Å². The molecule has 0 saturated carbocycles. The summed E-state index contributed by atoms with van der Waals surface area (Å²) in [5.41, 5.74) is 1.23. The summed E-state index contributed by atoms with van der Waals surface area (Å²) in [5.74, 6) is 0.522. The fraction of sp³-hybridized carbons (Fsp3) is 0.500. The van der Waals surface area contributed by atoms with Crippen LogP contribution in [0.3, 0.4) is 0 Å². The molecule has 0 aliphatic rings. The van der Waals surface area contributed by atoms with Crippen LogP contribution in [0.15, 0.2) is 24.3 Å². The number of methoxy groups -OCH3 is 1. The molecule has 0 saturated heterocycles. The maximum Gasteiger partial charge on any atom is 0.308 e. The lowest BCUT2D eigenvalue weighted by Gasteiger charge is -2.07. The van der Waals surface area contributed by atoms with E-state index in [0.717, 1.165) is 25.3 Å². The Morgan fingerprint density at radius 2 is 2.00 bits per heavy atom. The van der Waals surface area contributed by atoms with Gasteiger partial charge in [-0.05, 0) is 30.7 Å². The third-order valence-electron chi connectivity index (χ3n) is 2.48. The van der Waals surface area contributed by atoms with Crippen molar-refractivity contribution in [1.29, 1.82) is 0 Å². The number of hydrogen-bond donors (Lipinski definition) is 1. The average molecular weight is 251 g/mol. The highest BCUT2D eigenvalue weighted by molar-refractivity contribution is 5.69. The summed E-state index contributed by atoms with van der Waals surface area (Å²) in [4.78, 5) is 10.9. The topological polar surface area (TPSA) is 47.6 Å². The van der Waals surface area contributed by atoms with Crippen LogP contribution in [-0.4, -0.2) is 26.2 Å². The second-order valence-electron chi connectivity index (χ2n) is 4.00. The first-order chi connectivity index (χ1) is 8.76. The Morgan fingerprint density at radius 1 is 1.28 bits per heavy atom. The fourth-order valence-electron chi connectivity index (χ4n) is 1.47. The summed E-state index contributed by atoms with van der Waals surface area (Å²) >= 11 is 0. The Balaban J connectivity index is 2.29. The van der Waals surface area contributed by atoms with Gasteiger partial charge in [-0.2, -0.15) is 0 Å². The van der Waals surface area contributed by atoms with E-state index in [-0.39, 0.29) is 12.4 Å². The number of ether oxygens (including phenoxy) is 2. The lowest BCUT2D eigenvalue weighted by Crippen LogP contribution is -2.13. The molecular formula is C14H21NO3. The van der Waals surface area contributed by atoms with Crippen LogP contribution in [0.5, 0.6) is 5.75 Å². The van der Waals surface area contributed by atoms with E-state index in [1.165, 1.54) is 12.7 Å². The van der Waals surface area contributed by atoms with E-state index in [0.29, 0.717) is 6.61 Å². The van der Waals surface area contributed by atoms with E-state index in [2.05, 4.69) is 17.0 Å². The van der Waals surface area contributed by atoms with Crippen molar-refractivity contribution in [1.82, 2.24) is 5.32 Å². The average Bonchev–Trinajstić information content (AvgIpc) is 2.40. The molecule has 0 fully saturated rings. The maximum atomic E-state index is 10.9. The van der Waals surface area contributed by atoms with E-state index in [1.54, 1.807) is 0 Å². The molecule has 1 aromatic rings. The third-order valence-corrected chi connectivity index (χ3v) is 2.48. The van der Waals surface area contributed by atoms with Crippen LogP contribution in [0.1, 0.15) is 25.3 Å². The fourth-order valence-corrected chi connectivity index (χ4v) is 1.47. The molecule has 0 aliphatic heterocycles. The molecule has 1 aromatic carbocycles. The van der Waals surface area contributed by atoms with Crippen molar-refractivity contribution in [2.45, 2.75) is 26.3 Å². The van der Waals surface area contributed by atoms with Gasteiger partial charge in [-0.3, -0.25) is 4.79 Å². The van der Waals surface area contributed by atoms with Crippen LogP contribution >= 0.6 is 0 Å². The summed E-state index contributed by atoms with van der Waals surface area (Å²) in [6.45, 7) is 4.39. The molecule has 0 heterocycles. The van der Waals surface area contributed by atoms with Crippen molar-refractivity contribution in [3.63, 3.8) is 0 Å². The van der Waals surface area contributed by atoms with Gasteiger partial charge in [0.15, 0.2) is 0 Å². The molecule has 0 radical (unpaired) electrons. The lowest BCUT2D eigenvalue weighted by atomic mass is 10.2. The van der Waals surface area contributed by atoms with Crippen LogP contribution in [0, 0.1) is 0 Å². The number of hydrogen-bond acceptors (Lipinski definition) is 4. The van der Waals surface area contributed by atoms with Gasteiger partial charge in [0.1, 0.15) is 5.75 Å².